The highest BCUT2D eigenvalue weighted by Crippen LogP contribution is 2.16. The first-order valence-electron chi connectivity index (χ1n) is 5.54. The highest BCUT2D eigenvalue weighted by Gasteiger charge is 2.11. The van der Waals surface area contributed by atoms with Crippen LogP contribution >= 0.6 is 11.3 Å². The Hall–Kier alpha value is -2.12. The normalized spacial score (nSPS) is 11.6. The van der Waals surface area contributed by atoms with Crippen molar-refractivity contribution < 1.29 is 4.79 Å². The summed E-state index contributed by atoms with van der Waals surface area (Å²) in [5.74, 6) is -0.161. The van der Waals surface area contributed by atoms with E-state index in [1.165, 1.54) is 0 Å². The molecule has 0 bridgehead atoms. The maximum Gasteiger partial charge on any atom is 0.251 e. The molecule has 3 nitrogen and oxygen atoms in total. The number of nitriles is 1. The van der Waals surface area contributed by atoms with E-state index in [9.17, 15) is 4.79 Å². The first kappa shape index (κ1) is 12.3. The molecule has 1 aromatic heterocycles. The molecule has 0 aliphatic carbocycles. The summed E-state index contributed by atoms with van der Waals surface area (Å²) in [5.41, 5.74) is 2.09. The summed E-state index contributed by atoms with van der Waals surface area (Å²) in [6.07, 6.45) is 0. The molecule has 1 unspecified atom stereocenters. The van der Waals surface area contributed by atoms with Gasteiger partial charge in [-0.1, -0.05) is 6.07 Å². The standard InChI is InChI=1S/C14H12N2OS/c1-10(13-5-6-18-9-13)16-14(17)12-4-2-3-11(7-12)8-15/h2-7,9-10H,1H3,(H,16,17). The average molecular weight is 256 g/mol. The van der Waals surface area contributed by atoms with Gasteiger partial charge in [0, 0.05) is 5.56 Å². The van der Waals surface area contributed by atoms with Crippen LogP contribution in [0.25, 0.3) is 0 Å². The van der Waals surface area contributed by atoms with Gasteiger partial charge < -0.3 is 5.32 Å². The van der Waals surface area contributed by atoms with E-state index >= 15 is 0 Å². The molecular formula is C14H12N2OS. The molecule has 2 rings (SSSR count). The molecule has 4 heteroatoms. The van der Waals surface area contributed by atoms with Gasteiger partial charge in [-0.25, -0.2) is 0 Å². The summed E-state index contributed by atoms with van der Waals surface area (Å²) in [4.78, 5) is 12.0. The Morgan fingerprint density at radius 1 is 1.44 bits per heavy atom. The molecule has 1 heterocycles. The SMILES string of the molecule is CC(NC(=O)c1cccc(C#N)c1)c1ccsc1. The van der Waals surface area contributed by atoms with Crippen LogP contribution in [0, 0.1) is 11.3 Å². The third-order valence-corrected chi connectivity index (χ3v) is 3.35. The number of hydrogen-bond donors (Lipinski definition) is 1. The molecule has 1 N–H and O–H groups in total. The maximum atomic E-state index is 12.0. The fourth-order valence-electron chi connectivity index (χ4n) is 1.61. The highest BCUT2D eigenvalue weighted by atomic mass is 32.1. The summed E-state index contributed by atoms with van der Waals surface area (Å²) in [7, 11) is 0. The predicted octanol–water partition coefficient (Wildman–Crippen LogP) is 3.11. The maximum absolute atomic E-state index is 12.0. The summed E-state index contributed by atoms with van der Waals surface area (Å²) >= 11 is 1.60. The van der Waals surface area contributed by atoms with Gasteiger partial charge in [-0.2, -0.15) is 16.6 Å². The van der Waals surface area contributed by atoms with E-state index in [-0.39, 0.29) is 11.9 Å². The van der Waals surface area contributed by atoms with Gasteiger partial charge in [-0.15, -0.1) is 0 Å². The van der Waals surface area contributed by atoms with Gasteiger partial charge in [0.05, 0.1) is 17.7 Å². The number of benzene rings is 1. The van der Waals surface area contributed by atoms with Gasteiger partial charge in [-0.05, 0) is 47.5 Å². The molecule has 0 radical (unpaired) electrons. The lowest BCUT2D eigenvalue weighted by atomic mass is 10.1. The van der Waals surface area contributed by atoms with Gasteiger partial charge in [0.2, 0.25) is 0 Å². The highest BCUT2D eigenvalue weighted by molar-refractivity contribution is 7.07. The summed E-state index contributed by atoms with van der Waals surface area (Å²) in [5, 5.41) is 15.7. The first-order chi connectivity index (χ1) is 8.70. The summed E-state index contributed by atoms with van der Waals surface area (Å²) in [6.45, 7) is 1.94. The molecule has 0 aliphatic heterocycles. The average Bonchev–Trinajstić information content (AvgIpc) is 2.92. The summed E-state index contributed by atoms with van der Waals surface area (Å²) < 4.78 is 0. The number of amides is 1. The van der Waals surface area contributed by atoms with Crippen molar-refractivity contribution in [2.45, 2.75) is 13.0 Å². The molecule has 0 saturated carbocycles. The monoisotopic (exact) mass is 256 g/mol. The second-order valence-corrected chi connectivity index (χ2v) is 4.72. The Bertz CT molecular complexity index is 584. The van der Waals surface area contributed by atoms with Crippen LogP contribution in [0.15, 0.2) is 41.1 Å². The summed E-state index contributed by atoms with van der Waals surface area (Å²) in [6, 6.07) is 10.7. The van der Waals surface area contributed by atoms with Gasteiger partial charge in [0.1, 0.15) is 0 Å². The van der Waals surface area contributed by atoms with Crippen LogP contribution in [0.3, 0.4) is 0 Å². The Morgan fingerprint density at radius 2 is 2.28 bits per heavy atom. The van der Waals surface area contributed by atoms with Crippen LogP contribution in [0.4, 0.5) is 0 Å². The minimum Gasteiger partial charge on any atom is -0.345 e. The number of carbonyl (C=O) groups is 1. The number of nitrogens with one attached hydrogen (secondary N) is 1. The van der Waals surface area contributed by atoms with E-state index in [1.54, 1.807) is 35.6 Å². The molecule has 0 saturated heterocycles. The molecule has 90 valence electrons. The number of hydrogen-bond acceptors (Lipinski definition) is 3. The van der Waals surface area contributed by atoms with Gasteiger partial charge >= 0.3 is 0 Å². The Morgan fingerprint density at radius 3 is 2.94 bits per heavy atom. The van der Waals surface area contributed by atoms with Crippen molar-refractivity contribution in [3.63, 3.8) is 0 Å². The molecule has 1 atom stereocenters. The molecular weight excluding hydrogens is 244 g/mol. The molecule has 18 heavy (non-hydrogen) atoms. The van der Waals surface area contributed by atoms with Crippen molar-refractivity contribution >= 4 is 17.2 Å². The molecule has 1 aromatic carbocycles. The number of nitrogens with zero attached hydrogens (tertiary/aromatic N) is 1. The van der Waals surface area contributed by atoms with E-state index < -0.39 is 0 Å². The van der Waals surface area contributed by atoms with Crippen molar-refractivity contribution in [2.24, 2.45) is 0 Å². The van der Waals surface area contributed by atoms with Crippen molar-refractivity contribution in [1.29, 1.82) is 5.26 Å². The lowest BCUT2D eigenvalue weighted by Gasteiger charge is -2.12. The van der Waals surface area contributed by atoms with Gasteiger partial charge in [0.25, 0.3) is 5.91 Å². The lowest BCUT2D eigenvalue weighted by Crippen LogP contribution is -2.26. The topological polar surface area (TPSA) is 52.9 Å². The van der Waals surface area contributed by atoms with Crippen LogP contribution in [0.1, 0.15) is 34.5 Å². The smallest absolute Gasteiger partial charge is 0.251 e. The zero-order valence-electron chi connectivity index (χ0n) is 9.88. The second-order valence-electron chi connectivity index (χ2n) is 3.94. The third kappa shape index (κ3) is 2.76. The van der Waals surface area contributed by atoms with Crippen molar-refractivity contribution in [1.82, 2.24) is 5.32 Å². The minimum absolute atomic E-state index is 0.0329. The quantitative estimate of drug-likeness (QED) is 0.917. The molecule has 1 amide bonds. The zero-order chi connectivity index (χ0) is 13.0. The minimum atomic E-state index is -0.161. The Balaban J connectivity index is 2.10. The van der Waals surface area contributed by atoms with Crippen LogP contribution in [0.5, 0.6) is 0 Å². The van der Waals surface area contributed by atoms with Crippen molar-refractivity contribution in [3.05, 3.63) is 57.8 Å². The van der Waals surface area contributed by atoms with Crippen LogP contribution in [-0.2, 0) is 0 Å². The van der Waals surface area contributed by atoms with Gasteiger partial charge in [0.15, 0.2) is 0 Å². The van der Waals surface area contributed by atoms with E-state index in [1.807, 2.05) is 29.8 Å². The Kier molecular flexibility index (Phi) is 3.75. The van der Waals surface area contributed by atoms with Crippen molar-refractivity contribution in [2.75, 3.05) is 0 Å². The Labute approximate surface area is 110 Å². The molecule has 0 spiro atoms. The third-order valence-electron chi connectivity index (χ3n) is 2.64. The number of carbonyl (C=O) groups excluding carboxylic acids is 1. The molecule has 0 fully saturated rings. The van der Waals surface area contributed by atoms with Gasteiger partial charge in [-0.3, -0.25) is 4.79 Å². The van der Waals surface area contributed by atoms with Crippen LogP contribution < -0.4 is 5.32 Å². The predicted molar refractivity (Wildman–Crippen MR) is 71.4 cm³/mol. The fourth-order valence-corrected chi connectivity index (χ4v) is 2.37. The van der Waals surface area contributed by atoms with E-state index in [0.29, 0.717) is 11.1 Å². The lowest BCUT2D eigenvalue weighted by molar-refractivity contribution is 0.0940. The van der Waals surface area contributed by atoms with E-state index in [0.717, 1.165) is 5.56 Å². The fraction of sp³-hybridized carbons (Fsp3) is 0.143. The number of thiophene rings is 1. The van der Waals surface area contributed by atoms with Crippen molar-refractivity contribution in [3.8, 4) is 6.07 Å². The van der Waals surface area contributed by atoms with E-state index in [4.69, 9.17) is 5.26 Å². The number of rotatable bonds is 3. The molecule has 0 aliphatic rings. The largest absolute Gasteiger partial charge is 0.345 e. The second kappa shape index (κ2) is 5.48. The van der Waals surface area contributed by atoms with Crippen LogP contribution in [0.2, 0.25) is 0 Å². The van der Waals surface area contributed by atoms with E-state index in [2.05, 4.69) is 5.32 Å². The van der Waals surface area contributed by atoms with Crippen LogP contribution in [-0.4, -0.2) is 5.91 Å². The first-order valence-corrected chi connectivity index (χ1v) is 6.48. The zero-order valence-corrected chi connectivity index (χ0v) is 10.7. The molecule has 2 aromatic rings.